The highest BCUT2D eigenvalue weighted by atomic mass is 16.7. The number of aliphatic hydroxyl groups excluding tert-OH is 3. The maximum atomic E-state index is 13.1. The van der Waals surface area contributed by atoms with Crippen LogP contribution in [-0.2, 0) is 16.1 Å². The predicted octanol–water partition coefficient (Wildman–Crippen LogP) is 1.74. The lowest BCUT2D eigenvalue weighted by molar-refractivity contribution is -0.241. The third-order valence-electron chi connectivity index (χ3n) is 6.76. The van der Waals surface area contributed by atoms with Crippen molar-refractivity contribution in [3.63, 3.8) is 0 Å². The Morgan fingerprint density at radius 3 is 2.35 bits per heavy atom. The van der Waals surface area contributed by atoms with Crippen molar-refractivity contribution in [2.24, 2.45) is 0 Å². The summed E-state index contributed by atoms with van der Waals surface area (Å²) in [4.78, 5) is 13.1. The number of carbonyl (C=O) groups is 1. The van der Waals surface area contributed by atoms with Crippen LogP contribution in [0.5, 0.6) is 28.7 Å². The lowest BCUT2D eigenvalue weighted by Gasteiger charge is -2.35. The van der Waals surface area contributed by atoms with Crippen LogP contribution in [0.2, 0.25) is 0 Å². The van der Waals surface area contributed by atoms with Crippen LogP contribution in [0.25, 0.3) is 21.9 Å². The summed E-state index contributed by atoms with van der Waals surface area (Å²) in [6, 6.07) is 8.79. The molecular weight excluding hydrogens is 488 g/mol. The van der Waals surface area contributed by atoms with E-state index in [2.05, 4.69) is 0 Å². The second-order valence-electron chi connectivity index (χ2n) is 8.82. The third-order valence-corrected chi connectivity index (χ3v) is 6.76. The Balaban J connectivity index is 1.61. The van der Waals surface area contributed by atoms with E-state index >= 15 is 0 Å². The first kappa shape index (κ1) is 23.6. The van der Waals surface area contributed by atoms with Crippen LogP contribution in [-0.4, -0.2) is 73.5 Å². The molecule has 0 spiro atoms. The highest BCUT2D eigenvalue weighted by Crippen LogP contribution is 2.49. The molecule has 0 amide bonds. The molecule has 3 aliphatic heterocycles. The topological polar surface area (TPSA) is 142 Å². The predicted molar refractivity (Wildman–Crippen MR) is 126 cm³/mol. The van der Waals surface area contributed by atoms with E-state index in [1.807, 2.05) is 6.07 Å². The number of fused-ring (bicyclic) bond motifs is 3. The minimum Gasteiger partial charge on any atom is -0.493 e. The van der Waals surface area contributed by atoms with Gasteiger partial charge in [0.25, 0.3) is 0 Å². The average molecular weight is 512 g/mol. The van der Waals surface area contributed by atoms with Crippen LogP contribution in [0, 0.1) is 0 Å². The molecule has 3 N–H and O–H groups in total. The molecule has 3 aromatic carbocycles. The molecule has 3 heterocycles. The zero-order chi connectivity index (χ0) is 25.8. The van der Waals surface area contributed by atoms with Crippen molar-refractivity contribution in [3.8, 4) is 39.9 Å². The van der Waals surface area contributed by atoms with Gasteiger partial charge in [-0.15, -0.1) is 0 Å². The van der Waals surface area contributed by atoms with Crippen molar-refractivity contribution in [2.75, 3.05) is 27.6 Å². The van der Waals surface area contributed by atoms with Gasteiger partial charge in [0.1, 0.15) is 30.7 Å². The van der Waals surface area contributed by atoms with Gasteiger partial charge in [0.15, 0.2) is 23.0 Å². The van der Waals surface area contributed by atoms with Crippen molar-refractivity contribution in [1.29, 1.82) is 0 Å². The Bertz CT molecular complexity index is 1400. The highest BCUT2D eigenvalue weighted by Gasteiger charge is 2.41. The van der Waals surface area contributed by atoms with Crippen molar-refractivity contribution in [1.82, 2.24) is 0 Å². The van der Waals surface area contributed by atoms with Gasteiger partial charge < -0.3 is 48.5 Å². The van der Waals surface area contributed by atoms with Gasteiger partial charge in [-0.1, -0.05) is 6.07 Å². The first-order valence-electron chi connectivity index (χ1n) is 11.6. The Morgan fingerprint density at radius 2 is 1.59 bits per heavy atom. The third kappa shape index (κ3) is 3.70. The van der Waals surface area contributed by atoms with Gasteiger partial charge in [0.05, 0.1) is 26.4 Å². The number of aliphatic hydroxyl groups is 3. The normalized spacial score (nSPS) is 24.1. The molecule has 1 saturated heterocycles. The molecule has 3 aromatic rings. The second-order valence-corrected chi connectivity index (χ2v) is 8.82. The minimum absolute atomic E-state index is 0.0840. The number of cyclic esters (lactones) is 1. The number of ether oxygens (including phenoxy) is 7. The molecule has 37 heavy (non-hydrogen) atoms. The first-order chi connectivity index (χ1) is 17.9. The maximum Gasteiger partial charge on any atom is 0.339 e. The van der Waals surface area contributed by atoms with Crippen molar-refractivity contribution >= 4 is 16.7 Å². The molecule has 194 valence electrons. The molecule has 0 bridgehead atoms. The number of methoxy groups -OCH3 is 2. The van der Waals surface area contributed by atoms with Crippen LogP contribution in [0.1, 0.15) is 15.9 Å². The molecule has 0 saturated carbocycles. The van der Waals surface area contributed by atoms with Crippen LogP contribution in [0.4, 0.5) is 0 Å². The van der Waals surface area contributed by atoms with Crippen LogP contribution >= 0.6 is 0 Å². The van der Waals surface area contributed by atoms with Gasteiger partial charge in [-0.2, -0.15) is 0 Å². The lowest BCUT2D eigenvalue weighted by Crippen LogP contribution is -2.54. The SMILES string of the molecule is COc1cc2c(OC3OC[C@H](O)[C@H](O)[C@H]3O)c3c(c(-c4ccc5c(c4)OCO5)c2cc1OC)C(=O)OC3. The summed E-state index contributed by atoms with van der Waals surface area (Å²) in [6.07, 6.45) is -5.59. The summed E-state index contributed by atoms with van der Waals surface area (Å²) >= 11 is 0. The molecule has 11 heteroatoms. The van der Waals surface area contributed by atoms with Crippen molar-refractivity contribution in [3.05, 3.63) is 41.5 Å². The van der Waals surface area contributed by atoms with E-state index in [0.29, 0.717) is 50.5 Å². The van der Waals surface area contributed by atoms with E-state index in [9.17, 15) is 20.1 Å². The van der Waals surface area contributed by atoms with E-state index in [1.54, 1.807) is 24.3 Å². The number of rotatable bonds is 5. The first-order valence-corrected chi connectivity index (χ1v) is 11.6. The Morgan fingerprint density at radius 1 is 0.865 bits per heavy atom. The van der Waals surface area contributed by atoms with Crippen LogP contribution in [0.15, 0.2) is 30.3 Å². The molecule has 0 aliphatic carbocycles. The van der Waals surface area contributed by atoms with Crippen LogP contribution in [0.3, 0.4) is 0 Å². The Labute approximate surface area is 210 Å². The smallest absolute Gasteiger partial charge is 0.339 e. The fourth-order valence-corrected chi connectivity index (χ4v) is 4.89. The zero-order valence-corrected chi connectivity index (χ0v) is 19.9. The molecule has 0 radical (unpaired) electrons. The van der Waals surface area contributed by atoms with E-state index in [1.165, 1.54) is 14.2 Å². The molecule has 6 rings (SSSR count). The fraction of sp³-hybridized carbons (Fsp3) is 0.346. The van der Waals surface area contributed by atoms with Gasteiger partial charge in [0.2, 0.25) is 13.1 Å². The highest BCUT2D eigenvalue weighted by molar-refractivity contribution is 6.14. The summed E-state index contributed by atoms with van der Waals surface area (Å²) in [5.41, 5.74) is 1.96. The summed E-state index contributed by atoms with van der Waals surface area (Å²) in [6.45, 7) is -0.230. The zero-order valence-electron chi connectivity index (χ0n) is 19.9. The van der Waals surface area contributed by atoms with E-state index in [0.717, 1.165) is 0 Å². The van der Waals surface area contributed by atoms with Gasteiger partial charge in [-0.3, -0.25) is 0 Å². The molecule has 3 aliphatic rings. The lowest BCUT2D eigenvalue weighted by atomic mass is 9.89. The fourth-order valence-electron chi connectivity index (χ4n) is 4.89. The Hall–Kier alpha value is -3.77. The van der Waals surface area contributed by atoms with Gasteiger partial charge in [-0.25, -0.2) is 4.79 Å². The van der Waals surface area contributed by atoms with Gasteiger partial charge in [-0.05, 0) is 35.2 Å². The number of esters is 1. The quantitative estimate of drug-likeness (QED) is 0.430. The molecule has 1 fully saturated rings. The van der Waals surface area contributed by atoms with E-state index < -0.39 is 30.6 Å². The van der Waals surface area contributed by atoms with Crippen LogP contribution < -0.4 is 23.7 Å². The number of carbonyl (C=O) groups excluding carboxylic acids is 1. The number of hydrogen-bond acceptors (Lipinski definition) is 11. The summed E-state index contributed by atoms with van der Waals surface area (Å²) in [7, 11) is 3.00. The maximum absolute atomic E-state index is 13.1. The van der Waals surface area contributed by atoms with Crippen molar-refractivity contribution in [2.45, 2.75) is 31.2 Å². The Kier molecular flexibility index (Phi) is 5.72. The molecular formula is C26H24O11. The molecule has 4 atom stereocenters. The van der Waals surface area contributed by atoms with Crippen molar-refractivity contribution < 1.29 is 53.3 Å². The summed E-state index contributed by atoms with van der Waals surface area (Å²) in [5, 5.41) is 31.6. The average Bonchev–Trinajstić information content (AvgIpc) is 3.54. The van der Waals surface area contributed by atoms with Gasteiger partial charge in [0, 0.05) is 16.5 Å². The number of benzene rings is 3. The van der Waals surface area contributed by atoms with Gasteiger partial charge >= 0.3 is 5.97 Å². The monoisotopic (exact) mass is 512 g/mol. The molecule has 11 nitrogen and oxygen atoms in total. The number of hydrogen-bond donors (Lipinski definition) is 3. The standard InChI is InChI=1S/C26H24O11/c1-31-17-6-12-13(7-18(17)32-2)24(37-26-23(29)22(28)15(27)9-34-26)14-8-33-25(30)21(14)20(12)11-3-4-16-19(5-11)36-10-35-16/h3-7,15,22-23,26-29H,8-10H2,1-2H3/t15-,22-,23+,26?/m0/s1. The summed E-state index contributed by atoms with van der Waals surface area (Å²) in [5.74, 6) is 1.62. The minimum atomic E-state index is -1.54. The molecule has 1 unspecified atom stereocenters. The molecule has 0 aromatic heterocycles. The largest absolute Gasteiger partial charge is 0.493 e. The summed E-state index contributed by atoms with van der Waals surface area (Å²) < 4.78 is 39.1. The van der Waals surface area contributed by atoms with E-state index in [4.69, 9.17) is 33.2 Å². The second kappa shape index (κ2) is 8.96. The van der Waals surface area contributed by atoms with E-state index in [-0.39, 0.29) is 31.3 Å².